The summed E-state index contributed by atoms with van der Waals surface area (Å²) in [6.45, 7) is 0. The zero-order chi connectivity index (χ0) is 20.9. The van der Waals surface area contributed by atoms with Crippen LogP contribution in [0.2, 0.25) is 0 Å². The molecule has 1 unspecified atom stereocenters. The summed E-state index contributed by atoms with van der Waals surface area (Å²) in [5.41, 5.74) is 1.36. The van der Waals surface area contributed by atoms with Crippen molar-refractivity contribution in [3.05, 3.63) is 108 Å². The number of aliphatic hydroxyl groups excluding tert-OH is 1. The van der Waals surface area contributed by atoms with Gasteiger partial charge in [0.25, 0.3) is 0 Å². The van der Waals surface area contributed by atoms with Gasteiger partial charge in [-0.1, -0.05) is 66.7 Å². The van der Waals surface area contributed by atoms with Gasteiger partial charge >= 0.3 is 11.9 Å². The number of aliphatic hydroxyl groups is 1. The Morgan fingerprint density at radius 3 is 1.60 bits per heavy atom. The second-order valence-electron chi connectivity index (χ2n) is 6.83. The van der Waals surface area contributed by atoms with Crippen molar-refractivity contribution in [2.45, 2.75) is 24.6 Å². The fraction of sp³-hybridized carbons (Fsp3) is 0.167. The summed E-state index contributed by atoms with van der Waals surface area (Å²) in [5, 5.41) is 10.5. The maximum absolute atomic E-state index is 12.7. The second kappa shape index (κ2) is 8.90. The van der Waals surface area contributed by atoms with Gasteiger partial charge in [-0.15, -0.1) is 0 Å². The summed E-state index contributed by atoms with van der Waals surface area (Å²) in [4.78, 5) is 25.2. The minimum absolute atomic E-state index is 0.320. The van der Waals surface area contributed by atoms with E-state index in [9.17, 15) is 14.7 Å². The number of hydrogen-bond acceptors (Lipinski definition) is 6. The fourth-order valence-electron chi connectivity index (χ4n) is 3.34. The predicted octanol–water partition coefficient (Wildman–Crippen LogP) is 3.53. The van der Waals surface area contributed by atoms with Crippen LogP contribution in [0, 0.1) is 0 Å². The number of ether oxygens (including phenoxy) is 3. The monoisotopic (exact) mass is 404 g/mol. The summed E-state index contributed by atoms with van der Waals surface area (Å²) < 4.78 is 16.8. The minimum atomic E-state index is -1.45. The van der Waals surface area contributed by atoms with Crippen LogP contribution in [0.4, 0.5) is 0 Å². The lowest BCUT2D eigenvalue weighted by Gasteiger charge is -2.23. The maximum Gasteiger partial charge on any atom is 0.338 e. The van der Waals surface area contributed by atoms with Gasteiger partial charge in [-0.3, -0.25) is 0 Å². The van der Waals surface area contributed by atoms with E-state index in [4.69, 9.17) is 14.2 Å². The largest absolute Gasteiger partial charge is 0.451 e. The number of esters is 2. The van der Waals surface area contributed by atoms with Crippen LogP contribution in [-0.2, 0) is 14.2 Å². The molecule has 152 valence electrons. The molecular formula is C24H20O6. The highest BCUT2D eigenvalue weighted by molar-refractivity contribution is 5.90. The Hall–Kier alpha value is -3.48. The molecule has 0 spiro atoms. The van der Waals surface area contributed by atoms with Gasteiger partial charge in [-0.25, -0.2) is 9.59 Å². The van der Waals surface area contributed by atoms with E-state index in [-0.39, 0.29) is 0 Å². The molecule has 30 heavy (non-hydrogen) atoms. The van der Waals surface area contributed by atoms with Crippen LogP contribution in [0.15, 0.2) is 91.0 Å². The maximum atomic E-state index is 12.7. The van der Waals surface area contributed by atoms with Crippen molar-refractivity contribution in [1.29, 1.82) is 0 Å². The summed E-state index contributed by atoms with van der Waals surface area (Å²) in [7, 11) is 0. The van der Waals surface area contributed by atoms with E-state index < -0.39 is 36.5 Å². The Morgan fingerprint density at radius 1 is 0.667 bits per heavy atom. The van der Waals surface area contributed by atoms with Crippen LogP contribution in [0.5, 0.6) is 0 Å². The lowest BCUT2D eigenvalue weighted by Crippen LogP contribution is -2.38. The normalized spacial score (nSPS) is 23.0. The highest BCUT2D eigenvalue weighted by Crippen LogP contribution is 2.37. The van der Waals surface area contributed by atoms with Crippen molar-refractivity contribution < 1.29 is 28.9 Å². The van der Waals surface area contributed by atoms with Crippen LogP contribution < -0.4 is 0 Å². The van der Waals surface area contributed by atoms with Crippen molar-refractivity contribution >= 4 is 11.9 Å². The van der Waals surface area contributed by atoms with Crippen LogP contribution in [0.1, 0.15) is 32.4 Å². The lowest BCUT2D eigenvalue weighted by atomic mass is 10.0. The standard InChI is InChI=1S/C24H20O6/c25-22(17-12-6-2-7-13-17)29-20-19(16-10-4-1-5-11-16)28-24(27)21(20)30-23(26)18-14-8-3-9-15-18/h1-15,19-21,24,27H/t19-,20+,21-,24?/m0/s1. The van der Waals surface area contributed by atoms with Gasteiger partial charge in [0.1, 0.15) is 6.10 Å². The molecule has 0 bridgehead atoms. The van der Waals surface area contributed by atoms with Crippen LogP contribution in [-0.4, -0.2) is 35.5 Å². The van der Waals surface area contributed by atoms with Gasteiger partial charge in [0.15, 0.2) is 18.5 Å². The van der Waals surface area contributed by atoms with Gasteiger partial charge in [-0.05, 0) is 29.8 Å². The molecule has 3 aromatic carbocycles. The van der Waals surface area contributed by atoms with Crippen LogP contribution >= 0.6 is 0 Å². The first kappa shape index (κ1) is 19.8. The van der Waals surface area contributed by atoms with Gasteiger partial charge in [0, 0.05) is 0 Å². The lowest BCUT2D eigenvalue weighted by molar-refractivity contribution is -0.130. The number of hydrogen-bond donors (Lipinski definition) is 1. The summed E-state index contributed by atoms with van der Waals surface area (Å²) in [5.74, 6) is -1.24. The zero-order valence-electron chi connectivity index (χ0n) is 16.0. The number of carbonyl (C=O) groups is 2. The van der Waals surface area contributed by atoms with E-state index in [1.54, 1.807) is 72.8 Å². The molecule has 0 amide bonds. The Kier molecular flexibility index (Phi) is 5.88. The van der Waals surface area contributed by atoms with E-state index >= 15 is 0 Å². The van der Waals surface area contributed by atoms with Crippen LogP contribution in [0.25, 0.3) is 0 Å². The Morgan fingerprint density at radius 2 is 1.10 bits per heavy atom. The number of rotatable bonds is 5. The molecule has 3 aromatic rings. The molecular weight excluding hydrogens is 384 g/mol. The zero-order valence-corrected chi connectivity index (χ0v) is 16.0. The van der Waals surface area contributed by atoms with Gasteiger partial charge in [0.05, 0.1) is 11.1 Å². The Bertz CT molecular complexity index is 990. The van der Waals surface area contributed by atoms with Crippen molar-refractivity contribution in [3.8, 4) is 0 Å². The molecule has 4 rings (SSSR count). The highest BCUT2D eigenvalue weighted by Gasteiger charge is 2.49. The molecule has 6 nitrogen and oxygen atoms in total. The van der Waals surface area contributed by atoms with E-state index in [0.29, 0.717) is 16.7 Å². The van der Waals surface area contributed by atoms with Gasteiger partial charge in [-0.2, -0.15) is 0 Å². The molecule has 0 aliphatic carbocycles. The van der Waals surface area contributed by atoms with Crippen molar-refractivity contribution in [2.75, 3.05) is 0 Å². The summed E-state index contributed by atoms with van der Waals surface area (Å²) >= 11 is 0. The average Bonchev–Trinajstić information content (AvgIpc) is 3.10. The number of carbonyl (C=O) groups excluding carboxylic acids is 2. The third kappa shape index (κ3) is 4.25. The quantitative estimate of drug-likeness (QED) is 0.655. The fourth-order valence-corrected chi connectivity index (χ4v) is 3.34. The Balaban J connectivity index is 1.61. The molecule has 1 aliphatic heterocycles. The van der Waals surface area contributed by atoms with E-state index in [2.05, 4.69) is 0 Å². The first-order chi connectivity index (χ1) is 14.6. The highest BCUT2D eigenvalue weighted by atomic mass is 16.7. The van der Waals surface area contributed by atoms with Crippen LogP contribution in [0.3, 0.4) is 0 Å². The first-order valence-corrected chi connectivity index (χ1v) is 9.54. The van der Waals surface area contributed by atoms with Crippen molar-refractivity contribution in [3.63, 3.8) is 0 Å². The molecule has 0 saturated carbocycles. The van der Waals surface area contributed by atoms with Crippen molar-refractivity contribution in [2.24, 2.45) is 0 Å². The topological polar surface area (TPSA) is 82.1 Å². The summed E-state index contributed by atoms with van der Waals surface area (Å²) in [6.07, 6.45) is -4.45. The van der Waals surface area contributed by atoms with E-state index in [1.807, 2.05) is 18.2 Å². The van der Waals surface area contributed by atoms with Gasteiger partial charge < -0.3 is 19.3 Å². The SMILES string of the molecule is O=C(O[C@H]1[C@H](OC(=O)c2ccccc2)C(O)O[C@H]1c1ccccc1)c1ccccc1. The first-order valence-electron chi connectivity index (χ1n) is 9.54. The third-order valence-electron chi connectivity index (χ3n) is 4.82. The van der Waals surface area contributed by atoms with E-state index in [0.717, 1.165) is 0 Å². The van der Waals surface area contributed by atoms with E-state index in [1.165, 1.54) is 0 Å². The molecule has 0 aromatic heterocycles. The average molecular weight is 404 g/mol. The van der Waals surface area contributed by atoms with Gasteiger partial charge in [0.2, 0.25) is 0 Å². The smallest absolute Gasteiger partial charge is 0.338 e. The second-order valence-corrected chi connectivity index (χ2v) is 6.83. The molecule has 6 heteroatoms. The number of benzene rings is 3. The molecule has 1 aliphatic rings. The molecule has 1 N–H and O–H groups in total. The van der Waals surface area contributed by atoms with Crippen molar-refractivity contribution in [1.82, 2.24) is 0 Å². The third-order valence-corrected chi connectivity index (χ3v) is 4.82. The Labute approximate surface area is 173 Å². The predicted molar refractivity (Wildman–Crippen MR) is 108 cm³/mol. The molecule has 4 atom stereocenters. The molecule has 0 radical (unpaired) electrons. The molecule has 1 fully saturated rings. The molecule has 1 saturated heterocycles. The molecule has 1 heterocycles. The minimum Gasteiger partial charge on any atom is -0.451 e. The summed E-state index contributed by atoms with van der Waals surface area (Å²) in [6, 6.07) is 25.9.